The first-order valence-electron chi connectivity index (χ1n) is 6.95. The van der Waals surface area contributed by atoms with Crippen LogP contribution in [0.15, 0.2) is 4.52 Å². The van der Waals surface area contributed by atoms with Crippen LogP contribution in [0.2, 0.25) is 0 Å². The second-order valence-corrected chi connectivity index (χ2v) is 5.23. The molecule has 0 radical (unpaired) electrons. The van der Waals surface area contributed by atoms with E-state index in [1.165, 1.54) is 0 Å². The Hall–Kier alpha value is -2.22. The molecule has 1 amide bonds. The number of anilines is 1. The maximum Gasteiger partial charge on any atom is 0.297 e. The first kappa shape index (κ1) is 13.7. The number of amides is 1. The second kappa shape index (κ2) is 5.28. The Bertz CT molecular complexity index is 668. The summed E-state index contributed by atoms with van der Waals surface area (Å²) >= 11 is 0. The number of rotatable bonds is 3. The summed E-state index contributed by atoms with van der Waals surface area (Å²) in [7, 11) is 1.83. The summed E-state index contributed by atoms with van der Waals surface area (Å²) in [5.41, 5.74) is 2.32. The maximum absolute atomic E-state index is 12.2. The molecule has 1 saturated heterocycles. The van der Waals surface area contributed by atoms with E-state index in [2.05, 4.69) is 25.9 Å². The number of nitrogens with one attached hydrogen (secondary N) is 2. The lowest BCUT2D eigenvalue weighted by Gasteiger charge is -2.03. The van der Waals surface area contributed by atoms with Crippen molar-refractivity contribution >= 4 is 11.6 Å². The van der Waals surface area contributed by atoms with Gasteiger partial charge in [0.15, 0.2) is 0 Å². The van der Waals surface area contributed by atoms with Crippen LogP contribution in [0.1, 0.15) is 46.8 Å². The van der Waals surface area contributed by atoms with Crippen LogP contribution in [-0.2, 0) is 7.05 Å². The number of hydrogen-bond donors (Lipinski definition) is 2. The SMILES string of the molecule is Cc1nn(C)c(C)c1NC(=O)c1noc(C2CCCN2)n1. The molecule has 3 heterocycles. The van der Waals surface area contributed by atoms with Crippen molar-refractivity contribution in [1.29, 1.82) is 0 Å². The highest BCUT2D eigenvalue weighted by Gasteiger charge is 2.25. The lowest BCUT2D eigenvalue weighted by atomic mass is 10.2. The molecule has 0 aliphatic carbocycles. The molecule has 2 N–H and O–H groups in total. The van der Waals surface area contributed by atoms with Gasteiger partial charge in [-0.1, -0.05) is 5.16 Å². The fraction of sp³-hybridized carbons (Fsp3) is 0.538. The minimum atomic E-state index is -0.387. The predicted molar refractivity (Wildman–Crippen MR) is 74.9 cm³/mol. The molecular weight excluding hydrogens is 272 g/mol. The van der Waals surface area contributed by atoms with Crippen molar-refractivity contribution in [2.45, 2.75) is 32.7 Å². The molecule has 1 aliphatic heterocycles. The van der Waals surface area contributed by atoms with Gasteiger partial charge in [0.25, 0.3) is 11.7 Å². The van der Waals surface area contributed by atoms with Gasteiger partial charge in [-0.25, -0.2) is 0 Å². The van der Waals surface area contributed by atoms with E-state index >= 15 is 0 Å². The average Bonchev–Trinajstić information content (AvgIpc) is 3.15. The van der Waals surface area contributed by atoms with Gasteiger partial charge in [-0.15, -0.1) is 0 Å². The minimum absolute atomic E-state index is 0.0429. The molecule has 1 unspecified atom stereocenters. The van der Waals surface area contributed by atoms with Gasteiger partial charge >= 0.3 is 0 Å². The van der Waals surface area contributed by atoms with Crippen LogP contribution in [0, 0.1) is 13.8 Å². The molecule has 1 atom stereocenters. The molecular formula is C13H18N6O2. The third kappa shape index (κ3) is 2.54. The fourth-order valence-corrected chi connectivity index (χ4v) is 2.49. The van der Waals surface area contributed by atoms with E-state index in [1.807, 2.05) is 20.9 Å². The van der Waals surface area contributed by atoms with Crippen LogP contribution in [0.3, 0.4) is 0 Å². The third-order valence-electron chi connectivity index (χ3n) is 3.75. The molecule has 1 fully saturated rings. The quantitative estimate of drug-likeness (QED) is 0.878. The Morgan fingerprint density at radius 3 is 2.90 bits per heavy atom. The van der Waals surface area contributed by atoms with Gasteiger partial charge in [-0.05, 0) is 33.2 Å². The topological polar surface area (TPSA) is 97.9 Å². The van der Waals surface area contributed by atoms with Crippen LogP contribution in [0.5, 0.6) is 0 Å². The van der Waals surface area contributed by atoms with Crippen LogP contribution < -0.4 is 10.6 Å². The zero-order valence-corrected chi connectivity index (χ0v) is 12.3. The smallest absolute Gasteiger partial charge is 0.297 e. The Balaban J connectivity index is 1.76. The first-order chi connectivity index (χ1) is 10.1. The minimum Gasteiger partial charge on any atom is -0.337 e. The number of nitrogens with zero attached hydrogens (tertiary/aromatic N) is 4. The number of hydrogen-bond acceptors (Lipinski definition) is 6. The lowest BCUT2D eigenvalue weighted by Crippen LogP contribution is -2.16. The van der Waals surface area contributed by atoms with Crippen LogP contribution in [0.4, 0.5) is 5.69 Å². The average molecular weight is 290 g/mol. The molecule has 8 nitrogen and oxygen atoms in total. The van der Waals surface area contributed by atoms with Crippen molar-refractivity contribution in [2.24, 2.45) is 7.05 Å². The molecule has 0 saturated carbocycles. The van der Waals surface area contributed by atoms with Crippen molar-refractivity contribution in [1.82, 2.24) is 25.2 Å². The van der Waals surface area contributed by atoms with Gasteiger partial charge < -0.3 is 15.2 Å². The normalized spacial score (nSPS) is 18.1. The number of aromatic nitrogens is 4. The molecule has 0 bridgehead atoms. The third-order valence-corrected chi connectivity index (χ3v) is 3.75. The molecule has 8 heteroatoms. The zero-order chi connectivity index (χ0) is 15.0. The summed E-state index contributed by atoms with van der Waals surface area (Å²) in [6, 6.07) is 0.0564. The largest absolute Gasteiger partial charge is 0.337 e. The van der Waals surface area contributed by atoms with E-state index in [0.717, 1.165) is 30.8 Å². The number of carbonyl (C=O) groups excluding carboxylic acids is 1. The molecule has 2 aromatic heterocycles. The highest BCUT2D eigenvalue weighted by Crippen LogP contribution is 2.22. The van der Waals surface area contributed by atoms with Crippen LogP contribution in [-0.4, -0.2) is 32.4 Å². The standard InChI is InChI=1S/C13H18N6O2/c1-7-10(8(2)19(3)17-7)15-12(20)11-16-13(21-18-11)9-5-4-6-14-9/h9,14H,4-6H2,1-3H3,(H,15,20). The second-order valence-electron chi connectivity index (χ2n) is 5.23. The van der Waals surface area contributed by atoms with Gasteiger partial charge in [-0.3, -0.25) is 9.48 Å². The maximum atomic E-state index is 12.2. The van der Waals surface area contributed by atoms with Crippen molar-refractivity contribution in [3.8, 4) is 0 Å². The first-order valence-corrected chi connectivity index (χ1v) is 6.95. The Kier molecular flexibility index (Phi) is 3.46. The number of carbonyl (C=O) groups is 1. The Morgan fingerprint density at radius 2 is 2.29 bits per heavy atom. The van der Waals surface area contributed by atoms with Gasteiger partial charge in [-0.2, -0.15) is 10.1 Å². The van der Waals surface area contributed by atoms with E-state index < -0.39 is 0 Å². The zero-order valence-electron chi connectivity index (χ0n) is 12.3. The molecule has 3 rings (SSSR count). The molecule has 2 aromatic rings. The molecule has 21 heavy (non-hydrogen) atoms. The lowest BCUT2D eigenvalue weighted by molar-refractivity contribution is 0.101. The Morgan fingerprint density at radius 1 is 1.48 bits per heavy atom. The highest BCUT2D eigenvalue weighted by atomic mass is 16.5. The summed E-state index contributed by atoms with van der Waals surface area (Å²) in [6.45, 7) is 4.66. The predicted octanol–water partition coefficient (Wildman–Crippen LogP) is 1.10. The van der Waals surface area contributed by atoms with Crippen molar-refractivity contribution in [3.05, 3.63) is 23.1 Å². The van der Waals surface area contributed by atoms with Gasteiger partial charge in [0.05, 0.1) is 23.1 Å². The Labute approximate surface area is 121 Å². The molecule has 112 valence electrons. The molecule has 0 aromatic carbocycles. The van der Waals surface area contributed by atoms with E-state index in [-0.39, 0.29) is 17.8 Å². The summed E-state index contributed by atoms with van der Waals surface area (Å²) in [5.74, 6) is 0.126. The summed E-state index contributed by atoms with van der Waals surface area (Å²) in [6.07, 6.45) is 2.02. The van der Waals surface area contributed by atoms with E-state index in [0.29, 0.717) is 11.6 Å². The van der Waals surface area contributed by atoms with Gasteiger partial charge in [0.2, 0.25) is 5.89 Å². The summed E-state index contributed by atoms with van der Waals surface area (Å²) in [4.78, 5) is 16.4. The van der Waals surface area contributed by atoms with E-state index in [4.69, 9.17) is 4.52 Å². The van der Waals surface area contributed by atoms with Gasteiger partial charge in [0.1, 0.15) is 0 Å². The van der Waals surface area contributed by atoms with E-state index in [9.17, 15) is 4.79 Å². The van der Waals surface area contributed by atoms with Crippen molar-refractivity contribution in [2.75, 3.05) is 11.9 Å². The van der Waals surface area contributed by atoms with E-state index in [1.54, 1.807) is 4.68 Å². The van der Waals surface area contributed by atoms with Gasteiger partial charge in [0, 0.05) is 7.05 Å². The van der Waals surface area contributed by atoms with Crippen molar-refractivity contribution < 1.29 is 9.32 Å². The van der Waals surface area contributed by atoms with Crippen LogP contribution in [0.25, 0.3) is 0 Å². The molecule has 0 spiro atoms. The fourth-order valence-electron chi connectivity index (χ4n) is 2.49. The summed E-state index contributed by atoms with van der Waals surface area (Å²) < 4.78 is 6.89. The summed E-state index contributed by atoms with van der Waals surface area (Å²) in [5, 5.41) is 14.1. The van der Waals surface area contributed by atoms with Crippen molar-refractivity contribution in [3.63, 3.8) is 0 Å². The number of aryl methyl sites for hydroxylation is 2. The molecule has 1 aliphatic rings. The highest BCUT2D eigenvalue weighted by molar-refractivity contribution is 6.02. The van der Waals surface area contributed by atoms with Crippen LogP contribution >= 0.6 is 0 Å². The monoisotopic (exact) mass is 290 g/mol.